The third-order valence-corrected chi connectivity index (χ3v) is 3.84. The molecule has 1 aliphatic rings. The van der Waals surface area contributed by atoms with Crippen molar-refractivity contribution in [3.8, 4) is 11.5 Å². The van der Waals surface area contributed by atoms with Crippen LogP contribution < -0.4 is 14.8 Å². The summed E-state index contributed by atoms with van der Waals surface area (Å²) in [6, 6.07) is 5.93. The third-order valence-electron chi connectivity index (χ3n) is 3.84. The van der Waals surface area contributed by atoms with E-state index in [9.17, 15) is 4.79 Å². The van der Waals surface area contributed by atoms with E-state index in [1.54, 1.807) is 7.11 Å². The molecule has 0 spiro atoms. The first-order chi connectivity index (χ1) is 9.91. The average molecular weight is 291 g/mol. The third kappa shape index (κ3) is 3.90. The number of ether oxygens (including phenoxy) is 2. The fourth-order valence-corrected chi connectivity index (χ4v) is 2.50. The van der Waals surface area contributed by atoms with E-state index in [2.05, 4.69) is 5.32 Å². The van der Waals surface area contributed by atoms with Crippen LogP contribution in [0.25, 0.3) is 0 Å². The molecule has 0 aromatic heterocycles. The van der Waals surface area contributed by atoms with Crippen LogP contribution in [0, 0.1) is 5.41 Å². The minimum Gasteiger partial charge on any atom is -0.497 e. The van der Waals surface area contributed by atoms with E-state index in [0.29, 0.717) is 12.5 Å². The van der Waals surface area contributed by atoms with Crippen LogP contribution in [0.15, 0.2) is 18.2 Å². The number of nitrogens with one attached hydrogen (secondary N) is 1. The Morgan fingerprint density at radius 1 is 1.43 bits per heavy atom. The predicted molar refractivity (Wildman–Crippen MR) is 82.9 cm³/mol. The first kappa shape index (κ1) is 15.7. The van der Waals surface area contributed by atoms with Gasteiger partial charge in [-0.05, 0) is 37.0 Å². The van der Waals surface area contributed by atoms with Crippen LogP contribution in [-0.2, 0) is 4.79 Å². The van der Waals surface area contributed by atoms with E-state index in [1.807, 2.05) is 39.0 Å². The zero-order valence-corrected chi connectivity index (χ0v) is 13.4. The summed E-state index contributed by atoms with van der Waals surface area (Å²) in [5.41, 5.74) is 0.849. The lowest BCUT2D eigenvalue weighted by Crippen LogP contribution is -2.36. The summed E-state index contributed by atoms with van der Waals surface area (Å²) < 4.78 is 11.0. The second kappa shape index (κ2) is 6.37. The molecular formula is C17H25NO3. The van der Waals surface area contributed by atoms with Crippen molar-refractivity contribution in [2.75, 3.05) is 20.3 Å². The number of carbonyl (C=O) groups excluding carboxylic acids is 1. The second-order valence-corrected chi connectivity index (χ2v) is 6.53. The number of fused-ring (bicyclic) bond motifs is 1. The van der Waals surface area contributed by atoms with E-state index in [1.165, 1.54) is 5.56 Å². The van der Waals surface area contributed by atoms with Gasteiger partial charge in [0.25, 0.3) is 0 Å². The Morgan fingerprint density at radius 3 is 2.86 bits per heavy atom. The molecule has 4 heteroatoms. The van der Waals surface area contributed by atoms with Gasteiger partial charge in [0.15, 0.2) is 0 Å². The van der Waals surface area contributed by atoms with Crippen LogP contribution in [0.1, 0.15) is 45.1 Å². The maximum absolute atomic E-state index is 11.9. The van der Waals surface area contributed by atoms with Crippen molar-refractivity contribution in [3.05, 3.63) is 23.8 Å². The zero-order valence-electron chi connectivity index (χ0n) is 13.4. The minimum absolute atomic E-state index is 0.0976. The van der Waals surface area contributed by atoms with Gasteiger partial charge in [-0.3, -0.25) is 4.79 Å². The van der Waals surface area contributed by atoms with Crippen molar-refractivity contribution in [2.24, 2.45) is 5.41 Å². The Labute approximate surface area is 126 Å². The van der Waals surface area contributed by atoms with Gasteiger partial charge in [-0.1, -0.05) is 20.8 Å². The van der Waals surface area contributed by atoms with Gasteiger partial charge in [0.05, 0.1) is 13.7 Å². The SMILES string of the molecule is COc1ccc2c(c1)C(CCNC(=O)C(C)(C)C)CCO2. The average Bonchev–Trinajstić information content (AvgIpc) is 2.45. The molecule has 1 aliphatic heterocycles. The van der Waals surface area contributed by atoms with Crippen LogP contribution >= 0.6 is 0 Å². The summed E-state index contributed by atoms with van der Waals surface area (Å²) in [5.74, 6) is 2.29. The highest BCUT2D eigenvalue weighted by molar-refractivity contribution is 5.81. The van der Waals surface area contributed by atoms with Crippen molar-refractivity contribution in [1.82, 2.24) is 5.32 Å². The molecule has 1 atom stereocenters. The van der Waals surface area contributed by atoms with Crippen LogP contribution in [0.4, 0.5) is 0 Å². The van der Waals surface area contributed by atoms with Gasteiger partial charge in [-0.25, -0.2) is 0 Å². The first-order valence-corrected chi connectivity index (χ1v) is 7.51. The Bertz CT molecular complexity index is 505. The molecule has 0 aliphatic carbocycles. The van der Waals surface area contributed by atoms with Crippen molar-refractivity contribution in [3.63, 3.8) is 0 Å². The summed E-state index contributed by atoms with van der Waals surface area (Å²) in [6.07, 6.45) is 1.90. The number of methoxy groups -OCH3 is 1. The number of carbonyl (C=O) groups is 1. The molecule has 0 radical (unpaired) electrons. The van der Waals surface area contributed by atoms with E-state index in [0.717, 1.165) is 30.9 Å². The molecule has 0 saturated heterocycles. The summed E-state index contributed by atoms with van der Waals surface area (Å²) in [7, 11) is 1.67. The van der Waals surface area contributed by atoms with Gasteiger partial charge in [0.2, 0.25) is 5.91 Å². The van der Waals surface area contributed by atoms with Crippen LogP contribution in [0.2, 0.25) is 0 Å². The molecule has 0 saturated carbocycles. The Kier molecular flexibility index (Phi) is 4.76. The molecule has 1 aromatic carbocycles. The fourth-order valence-electron chi connectivity index (χ4n) is 2.50. The second-order valence-electron chi connectivity index (χ2n) is 6.53. The lowest BCUT2D eigenvalue weighted by atomic mass is 9.89. The van der Waals surface area contributed by atoms with Gasteiger partial charge < -0.3 is 14.8 Å². The van der Waals surface area contributed by atoms with Crippen molar-refractivity contribution >= 4 is 5.91 Å². The highest BCUT2D eigenvalue weighted by atomic mass is 16.5. The van der Waals surface area contributed by atoms with Crippen molar-refractivity contribution < 1.29 is 14.3 Å². The molecule has 1 heterocycles. The summed E-state index contributed by atoms with van der Waals surface area (Å²) in [5, 5.41) is 3.02. The molecule has 0 fully saturated rings. The minimum atomic E-state index is -0.337. The fraction of sp³-hybridized carbons (Fsp3) is 0.588. The summed E-state index contributed by atoms with van der Waals surface area (Å²) >= 11 is 0. The van der Waals surface area contributed by atoms with E-state index in [-0.39, 0.29) is 11.3 Å². The molecule has 1 unspecified atom stereocenters. The molecule has 116 valence electrons. The van der Waals surface area contributed by atoms with Crippen molar-refractivity contribution in [1.29, 1.82) is 0 Å². The maximum Gasteiger partial charge on any atom is 0.225 e. The number of amides is 1. The van der Waals surface area contributed by atoms with Gasteiger partial charge >= 0.3 is 0 Å². The standard InChI is InChI=1S/C17H25NO3/c1-17(2,3)16(19)18-9-7-12-8-10-21-15-6-5-13(20-4)11-14(12)15/h5-6,11-12H,7-10H2,1-4H3,(H,18,19). The number of benzene rings is 1. The van der Waals surface area contributed by atoms with Crippen LogP contribution in [-0.4, -0.2) is 26.2 Å². The van der Waals surface area contributed by atoms with Gasteiger partial charge in [-0.15, -0.1) is 0 Å². The molecule has 1 N–H and O–H groups in total. The van der Waals surface area contributed by atoms with Gasteiger partial charge in [0.1, 0.15) is 11.5 Å². The monoisotopic (exact) mass is 291 g/mol. The Hall–Kier alpha value is -1.71. The highest BCUT2D eigenvalue weighted by Gasteiger charge is 2.24. The van der Waals surface area contributed by atoms with Gasteiger partial charge in [0, 0.05) is 17.5 Å². The first-order valence-electron chi connectivity index (χ1n) is 7.51. The largest absolute Gasteiger partial charge is 0.497 e. The maximum atomic E-state index is 11.9. The molecular weight excluding hydrogens is 266 g/mol. The zero-order chi connectivity index (χ0) is 15.5. The number of hydrogen-bond donors (Lipinski definition) is 1. The lowest BCUT2D eigenvalue weighted by Gasteiger charge is -2.27. The summed E-state index contributed by atoms with van der Waals surface area (Å²) in [6.45, 7) is 7.21. The predicted octanol–water partition coefficient (Wildman–Crippen LogP) is 3.11. The lowest BCUT2D eigenvalue weighted by molar-refractivity contribution is -0.128. The Balaban J connectivity index is 1.98. The van der Waals surface area contributed by atoms with E-state index < -0.39 is 0 Å². The van der Waals surface area contributed by atoms with Crippen LogP contribution in [0.3, 0.4) is 0 Å². The molecule has 1 aromatic rings. The smallest absolute Gasteiger partial charge is 0.225 e. The molecule has 4 nitrogen and oxygen atoms in total. The number of rotatable bonds is 4. The normalized spacial score (nSPS) is 17.6. The molecule has 0 bridgehead atoms. The van der Waals surface area contributed by atoms with E-state index >= 15 is 0 Å². The molecule has 1 amide bonds. The molecule has 2 rings (SSSR count). The number of hydrogen-bond acceptors (Lipinski definition) is 3. The topological polar surface area (TPSA) is 47.6 Å². The van der Waals surface area contributed by atoms with Crippen LogP contribution in [0.5, 0.6) is 11.5 Å². The Morgan fingerprint density at radius 2 is 2.19 bits per heavy atom. The molecule has 21 heavy (non-hydrogen) atoms. The van der Waals surface area contributed by atoms with Gasteiger partial charge in [-0.2, -0.15) is 0 Å². The highest BCUT2D eigenvalue weighted by Crippen LogP contribution is 2.37. The van der Waals surface area contributed by atoms with E-state index in [4.69, 9.17) is 9.47 Å². The quantitative estimate of drug-likeness (QED) is 0.927. The van der Waals surface area contributed by atoms with Crippen molar-refractivity contribution in [2.45, 2.75) is 39.5 Å². The summed E-state index contributed by atoms with van der Waals surface area (Å²) in [4.78, 5) is 11.9.